The van der Waals surface area contributed by atoms with Crippen molar-refractivity contribution in [2.24, 2.45) is 0 Å². The smallest absolute Gasteiger partial charge is 0.0751 e. The van der Waals surface area contributed by atoms with Gasteiger partial charge in [0, 0.05) is 9.26 Å². The van der Waals surface area contributed by atoms with E-state index in [0.29, 0.717) is 0 Å². The van der Waals surface area contributed by atoms with Crippen molar-refractivity contribution in [3.05, 3.63) is 63.2 Å². The quantitative estimate of drug-likeness (QED) is 0.827. The number of benzene rings is 2. The Balaban J connectivity index is 1.86. The molecule has 2 aromatic rings. The third-order valence-corrected chi connectivity index (χ3v) is 3.81. The molecule has 0 spiro atoms. The van der Waals surface area contributed by atoms with Gasteiger partial charge in [-0.05, 0) is 51.9 Å². The minimum absolute atomic E-state index is 0.244. The molecule has 0 aromatic heterocycles. The summed E-state index contributed by atoms with van der Waals surface area (Å²) in [6, 6.07) is 17.1. The molecule has 0 radical (unpaired) electrons. The molecule has 3 heteroatoms. The molecule has 1 heterocycles. The zero-order valence-electron chi connectivity index (χ0n) is 9.90. The first-order valence-corrected chi connectivity index (χ1v) is 7.08. The van der Waals surface area contributed by atoms with Crippen molar-refractivity contribution in [2.45, 2.75) is 12.6 Å². The van der Waals surface area contributed by atoms with Crippen LogP contribution in [0.4, 0.5) is 5.69 Å². The number of anilines is 1. The number of fused-ring (bicyclic) bond motifs is 1. The maximum Gasteiger partial charge on any atom is 0.0751 e. The third kappa shape index (κ3) is 2.52. The summed E-state index contributed by atoms with van der Waals surface area (Å²) >= 11 is 2.33. The van der Waals surface area contributed by atoms with E-state index < -0.39 is 0 Å². The zero-order valence-corrected chi connectivity index (χ0v) is 12.1. The van der Waals surface area contributed by atoms with E-state index >= 15 is 0 Å². The minimum Gasteiger partial charge on any atom is -0.376 e. The molecular weight excluding hydrogens is 337 g/mol. The fourth-order valence-corrected chi connectivity index (χ4v) is 2.82. The Morgan fingerprint density at radius 1 is 1.11 bits per heavy atom. The Morgan fingerprint density at radius 3 is 2.89 bits per heavy atom. The van der Waals surface area contributed by atoms with Gasteiger partial charge in [0.2, 0.25) is 0 Å². The number of halogens is 1. The number of hydrogen-bond acceptors (Lipinski definition) is 2. The maximum absolute atomic E-state index is 5.65. The molecule has 2 aromatic carbocycles. The van der Waals surface area contributed by atoms with Crippen LogP contribution in [-0.4, -0.2) is 6.61 Å². The Bertz CT molecular complexity index is 556. The van der Waals surface area contributed by atoms with Crippen LogP contribution in [-0.2, 0) is 11.3 Å². The van der Waals surface area contributed by atoms with Crippen molar-refractivity contribution >= 4 is 28.3 Å². The van der Waals surface area contributed by atoms with Gasteiger partial charge in [-0.1, -0.05) is 30.3 Å². The van der Waals surface area contributed by atoms with Gasteiger partial charge >= 0.3 is 0 Å². The van der Waals surface area contributed by atoms with Gasteiger partial charge in [0.1, 0.15) is 0 Å². The van der Waals surface area contributed by atoms with Crippen LogP contribution in [0.25, 0.3) is 0 Å². The van der Waals surface area contributed by atoms with Crippen LogP contribution in [0.3, 0.4) is 0 Å². The minimum atomic E-state index is 0.244. The van der Waals surface area contributed by atoms with Crippen molar-refractivity contribution in [1.29, 1.82) is 0 Å². The monoisotopic (exact) mass is 351 g/mol. The molecule has 0 saturated carbocycles. The standard InChI is InChI=1S/C15H14INO/c16-12-5-3-6-13(8-12)17-15-10-18-9-11-4-1-2-7-14(11)15/h1-8,15,17H,9-10H2. The largest absolute Gasteiger partial charge is 0.376 e. The van der Waals surface area contributed by atoms with Gasteiger partial charge in [0.15, 0.2) is 0 Å². The molecule has 2 nitrogen and oxygen atoms in total. The molecule has 1 unspecified atom stereocenters. The summed E-state index contributed by atoms with van der Waals surface area (Å²) in [6.07, 6.45) is 0. The molecule has 1 aliphatic heterocycles. The molecule has 0 saturated heterocycles. The van der Waals surface area contributed by atoms with Gasteiger partial charge in [-0.25, -0.2) is 0 Å². The maximum atomic E-state index is 5.65. The van der Waals surface area contributed by atoms with Crippen LogP contribution in [0.2, 0.25) is 0 Å². The van der Waals surface area contributed by atoms with Crippen LogP contribution >= 0.6 is 22.6 Å². The van der Waals surface area contributed by atoms with E-state index in [1.165, 1.54) is 14.7 Å². The van der Waals surface area contributed by atoms with E-state index in [-0.39, 0.29) is 6.04 Å². The van der Waals surface area contributed by atoms with E-state index in [4.69, 9.17) is 4.74 Å². The lowest BCUT2D eigenvalue weighted by Crippen LogP contribution is -2.23. The van der Waals surface area contributed by atoms with Crippen LogP contribution in [0.15, 0.2) is 48.5 Å². The summed E-state index contributed by atoms with van der Waals surface area (Å²) in [5.41, 5.74) is 3.78. The number of ether oxygens (including phenoxy) is 1. The SMILES string of the molecule is Ic1cccc(NC2COCc3ccccc32)c1. The molecule has 1 N–H and O–H groups in total. The second-order valence-corrected chi connectivity index (χ2v) is 5.67. The average Bonchev–Trinajstić information content (AvgIpc) is 2.39. The molecule has 3 rings (SSSR count). The van der Waals surface area contributed by atoms with Gasteiger partial charge in [-0.3, -0.25) is 0 Å². The van der Waals surface area contributed by atoms with Crippen molar-refractivity contribution in [1.82, 2.24) is 0 Å². The molecule has 0 fully saturated rings. The molecular formula is C15H14INO. The molecule has 0 aliphatic carbocycles. The van der Waals surface area contributed by atoms with E-state index in [1.54, 1.807) is 0 Å². The normalized spacial score (nSPS) is 18.2. The average molecular weight is 351 g/mol. The van der Waals surface area contributed by atoms with Crippen molar-refractivity contribution in [3.8, 4) is 0 Å². The zero-order chi connectivity index (χ0) is 12.4. The van der Waals surface area contributed by atoms with Crippen molar-refractivity contribution < 1.29 is 4.74 Å². The van der Waals surface area contributed by atoms with Crippen LogP contribution in [0.5, 0.6) is 0 Å². The molecule has 18 heavy (non-hydrogen) atoms. The Kier molecular flexibility index (Phi) is 3.52. The van der Waals surface area contributed by atoms with Gasteiger partial charge < -0.3 is 10.1 Å². The fourth-order valence-electron chi connectivity index (χ4n) is 2.28. The highest BCUT2D eigenvalue weighted by Gasteiger charge is 2.19. The summed E-state index contributed by atoms with van der Waals surface area (Å²) in [7, 11) is 0. The van der Waals surface area contributed by atoms with E-state index in [1.807, 2.05) is 0 Å². The second-order valence-electron chi connectivity index (χ2n) is 4.42. The predicted molar refractivity (Wildman–Crippen MR) is 81.6 cm³/mol. The Hall–Kier alpha value is -1.07. The summed E-state index contributed by atoms with van der Waals surface area (Å²) in [4.78, 5) is 0. The van der Waals surface area contributed by atoms with E-state index in [9.17, 15) is 0 Å². The molecule has 92 valence electrons. The summed E-state index contributed by atoms with van der Waals surface area (Å²) in [5.74, 6) is 0. The van der Waals surface area contributed by atoms with Gasteiger partial charge in [-0.15, -0.1) is 0 Å². The highest BCUT2D eigenvalue weighted by atomic mass is 127. The van der Waals surface area contributed by atoms with Gasteiger partial charge in [-0.2, -0.15) is 0 Å². The lowest BCUT2D eigenvalue weighted by Gasteiger charge is -2.27. The van der Waals surface area contributed by atoms with Gasteiger partial charge in [0.05, 0.1) is 19.3 Å². The molecule has 1 aliphatic rings. The Morgan fingerprint density at radius 2 is 2.00 bits per heavy atom. The van der Waals surface area contributed by atoms with Crippen LogP contribution in [0.1, 0.15) is 17.2 Å². The second kappa shape index (κ2) is 5.28. The third-order valence-electron chi connectivity index (χ3n) is 3.14. The van der Waals surface area contributed by atoms with E-state index in [2.05, 4.69) is 76.4 Å². The molecule has 0 bridgehead atoms. The predicted octanol–water partition coefficient (Wildman–Crippen LogP) is 3.97. The highest BCUT2D eigenvalue weighted by Crippen LogP contribution is 2.28. The summed E-state index contributed by atoms with van der Waals surface area (Å²) in [5, 5.41) is 3.55. The van der Waals surface area contributed by atoms with Crippen LogP contribution < -0.4 is 5.32 Å². The first-order valence-electron chi connectivity index (χ1n) is 6.00. The first-order chi connectivity index (χ1) is 8.83. The number of nitrogens with one attached hydrogen (secondary N) is 1. The van der Waals surface area contributed by atoms with Crippen molar-refractivity contribution in [3.63, 3.8) is 0 Å². The lowest BCUT2D eigenvalue weighted by atomic mass is 9.99. The number of hydrogen-bond donors (Lipinski definition) is 1. The van der Waals surface area contributed by atoms with Crippen LogP contribution in [0, 0.1) is 3.57 Å². The highest BCUT2D eigenvalue weighted by molar-refractivity contribution is 14.1. The summed E-state index contributed by atoms with van der Waals surface area (Å²) in [6.45, 7) is 1.45. The topological polar surface area (TPSA) is 21.3 Å². The van der Waals surface area contributed by atoms with E-state index in [0.717, 1.165) is 18.9 Å². The molecule has 0 amide bonds. The summed E-state index contributed by atoms with van der Waals surface area (Å²) < 4.78 is 6.89. The molecule has 1 atom stereocenters. The number of rotatable bonds is 2. The lowest BCUT2D eigenvalue weighted by molar-refractivity contribution is 0.0970. The van der Waals surface area contributed by atoms with Gasteiger partial charge in [0.25, 0.3) is 0 Å². The first kappa shape index (κ1) is 12.0. The fraction of sp³-hybridized carbons (Fsp3) is 0.200. The van der Waals surface area contributed by atoms with Crippen molar-refractivity contribution in [2.75, 3.05) is 11.9 Å². The Labute approximate surface area is 121 Å².